The van der Waals surface area contributed by atoms with Crippen molar-refractivity contribution in [3.8, 4) is 0 Å². The van der Waals surface area contributed by atoms with Crippen molar-refractivity contribution in [1.29, 1.82) is 0 Å². The van der Waals surface area contributed by atoms with Crippen LogP contribution in [0.5, 0.6) is 0 Å². The van der Waals surface area contributed by atoms with E-state index in [4.69, 9.17) is 0 Å². The molecule has 0 aromatic heterocycles. The summed E-state index contributed by atoms with van der Waals surface area (Å²) in [5.74, 6) is -0.468. The van der Waals surface area contributed by atoms with E-state index >= 15 is 0 Å². The van der Waals surface area contributed by atoms with Crippen LogP contribution in [0.1, 0.15) is 22.3 Å². The van der Waals surface area contributed by atoms with Gasteiger partial charge in [0.2, 0.25) is 0 Å². The summed E-state index contributed by atoms with van der Waals surface area (Å²) in [5.41, 5.74) is 3.50. The number of aryl methyl sites for hydroxylation is 1. The van der Waals surface area contributed by atoms with E-state index in [1.807, 2.05) is 49.4 Å². The number of hydrogen-bond donors (Lipinski definition) is 1. The van der Waals surface area contributed by atoms with Crippen LogP contribution in [-0.2, 0) is 26.0 Å². The fourth-order valence-corrected chi connectivity index (χ4v) is 4.05. The van der Waals surface area contributed by atoms with Gasteiger partial charge in [0.15, 0.2) is 0 Å². The van der Waals surface area contributed by atoms with Crippen LogP contribution in [0.4, 0.5) is 0 Å². The van der Waals surface area contributed by atoms with Gasteiger partial charge in [-0.15, -0.1) is 0 Å². The van der Waals surface area contributed by atoms with E-state index in [-0.39, 0.29) is 17.3 Å². The molecule has 0 fully saturated rings. The molecule has 0 spiro atoms. The van der Waals surface area contributed by atoms with Crippen LogP contribution in [0, 0.1) is 6.92 Å². The molecule has 0 heterocycles. The maximum atomic E-state index is 13.0. The second-order valence-electron chi connectivity index (χ2n) is 6.98. The molecule has 0 amide bonds. The van der Waals surface area contributed by atoms with Crippen LogP contribution in [-0.4, -0.2) is 33.9 Å². The van der Waals surface area contributed by atoms with Crippen molar-refractivity contribution in [2.75, 3.05) is 13.7 Å². The maximum absolute atomic E-state index is 13.0. The molecular formula is C24H24N2O4S. The summed E-state index contributed by atoms with van der Waals surface area (Å²) in [6, 6.07) is 23.7. The molecule has 3 aromatic rings. The molecule has 0 unspecified atom stereocenters. The number of rotatable bonds is 7. The van der Waals surface area contributed by atoms with Gasteiger partial charge in [0.05, 0.1) is 12.0 Å². The zero-order chi connectivity index (χ0) is 22.3. The van der Waals surface area contributed by atoms with Gasteiger partial charge in [0, 0.05) is 5.56 Å². The van der Waals surface area contributed by atoms with Gasteiger partial charge in [0.25, 0.3) is 10.0 Å². The molecule has 3 aromatic carbocycles. The molecule has 0 radical (unpaired) electrons. The minimum atomic E-state index is -3.90. The smallest absolute Gasteiger partial charge is 0.327 e. The first kappa shape index (κ1) is 22.2. The van der Waals surface area contributed by atoms with E-state index in [9.17, 15) is 13.2 Å². The van der Waals surface area contributed by atoms with Crippen molar-refractivity contribution in [1.82, 2.24) is 4.72 Å². The Labute approximate surface area is 182 Å². The number of hydrogen-bond acceptors (Lipinski definition) is 5. The second-order valence-corrected chi connectivity index (χ2v) is 8.66. The Balaban J connectivity index is 2.00. The molecule has 0 aliphatic carbocycles. The van der Waals surface area contributed by atoms with Crippen molar-refractivity contribution in [2.24, 2.45) is 4.99 Å². The van der Waals surface area contributed by atoms with Gasteiger partial charge in [0.1, 0.15) is 12.4 Å². The first-order valence-corrected chi connectivity index (χ1v) is 11.2. The minimum Gasteiger partial charge on any atom is -0.468 e. The summed E-state index contributed by atoms with van der Waals surface area (Å²) in [4.78, 5) is 16.1. The Bertz CT molecular complexity index is 1170. The Morgan fingerprint density at radius 1 is 0.935 bits per heavy atom. The molecule has 1 N–H and O–H groups in total. The fraction of sp³-hybridized carbons (Fsp3) is 0.167. The molecule has 3 rings (SSSR count). The molecular weight excluding hydrogens is 412 g/mol. The van der Waals surface area contributed by atoms with Crippen molar-refractivity contribution in [2.45, 2.75) is 18.2 Å². The van der Waals surface area contributed by atoms with E-state index < -0.39 is 16.0 Å². The molecule has 31 heavy (non-hydrogen) atoms. The number of ether oxygens (including phenoxy) is 1. The van der Waals surface area contributed by atoms with Crippen LogP contribution in [0.15, 0.2) is 88.8 Å². The number of methoxy groups -OCH3 is 1. The summed E-state index contributed by atoms with van der Waals surface area (Å²) in [7, 11) is -2.64. The SMILES string of the molecule is COC(=O)CN=C(NS(=O)(=O)c1ccc(C)cc1)c1ccccc1Cc1ccccc1. The number of nitrogens with zero attached hydrogens (tertiary/aromatic N) is 1. The third-order valence-corrected chi connectivity index (χ3v) is 6.02. The van der Waals surface area contributed by atoms with E-state index in [0.717, 1.165) is 16.7 Å². The normalized spacial score (nSPS) is 11.7. The molecule has 0 saturated carbocycles. The van der Waals surface area contributed by atoms with Crippen LogP contribution >= 0.6 is 0 Å². The third-order valence-electron chi connectivity index (χ3n) is 4.67. The number of sulfonamides is 1. The summed E-state index contributed by atoms with van der Waals surface area (Å²) in [6.45, 7) is 1.58. The van der Waals surface area contributed by atoms with Crippen LogP contribution in [0.2, 0.25) is 0 Å². The molecule has 160 valence electrons. The lowest BCUT2D eigenvalue weighted by atomic mass is 9.99. The quantitative estimate of drug-likeness (QED) is 0.349. The average molecular weight is 437 g/mol. The second kappa shape index (κ2) is 10.0. The summed E-state index contributed by atoms with van der Waals surface area (Å²) in [5, 5.41) is 0. The zero-order valence-electron chi connectivity index (χ0n) is 17.4. The van der Waals surface area contributed by atoms with Crippen molar-refractivity contribution < 1.29 is 17.9 Å². The Morgan fingerprint density at radius 3 is 2.26 bits per heavy atom. The number of carbonyl (C=O) groups excluding carboxylic acids is 1. The maximum Gasteiger partial charge on any atom is 0.327 e. The number of carbonyl (C=O) groups is 1. The van der Waals surface area contributed by atoms with E-state index in [2.05, 4.69) is 14.5 Å². The molecule has 0 bridgehead atoms. The number of benzene rings is 3. The lowest BCUT2D eigenvalue weighted by molar-refractivity contribution is -0.138. The monoisotopic (exact) mass is 436 g/mol. The number of aliphatic imine (C=N–C) groups is 1. The van der Waals surface area contributed by atoms with E-state index in [1.54, 1.807) is 24.3 Å². The molecule has 7 heteroatoms. The summed E-state index contributed by atoms with van der Waals surface area (Å²) < 4.78 is 33.2. The fourth-order valence-electron chi connectivity index (χ4n) is 3.01. The van der Waals surface area contributed by atoms with Crippen molar-refractivity contribution in [3.05, 3.63) is 101 Å². The Kier molecular flexibility index (Phi) is 7.20. The van der Waals surface area contributed by atoms with Gasteiger partial charge in [-0.25, -0.2) is 8.42 Å². The molecule has 0 aliphatic rings. The first-order chi connectivity index (χ1) is 14.9. The van der Waals surface area contributed by atoms with Gasteiger partial charge in [-0.2, -0.15) is 0 Å². The summed E-state index contributed by atoms with van der Waals surface area (Å²) >= 11 is 0. The van der Waals surface area contributed by atoms with Gasteiger partial charge in [-0.3, -0.25) is 14.5 Å². The predicted octanol–water partition coefficient (Wildman–Crippen LogP) is 3.48. The topological polar surface area (TPSA) is 84.8 Å². The summed E-state index contributed by atoms with van der Waals surface area (Å²) in [6.07, 6.45) is 0.584. The molecule has 0 aliphatic heterocycles. The average Bonchev–Trinajstić information content (AvgIpc) is 2.78. The number of amidine groups is 1. The highest BCUT2D eigenvalue weighted by Gasteiger charge is 2.19. The van der Waals surface area contributed by atoms with Gasteiger partial charge >= 0.3 is 5.97 Å². The van der Waals surface area contributed by atoms with Crippen molar-refractivity contribution in [3.63, 3.8) is 0 Å². The Morgan fingerprint density at radius 2 is 1.58 bits per heavy atom. The van der Waals surface area contributed by atoms with Crippen LogP contribution < -0.4 is 4.72 Å². The third kappa shape index (κ3) is 6.02. The molecule has 6 nitrogen and oxygen atoms in total. The van der Waals surface area contributed by atoms with E-state index in [0.29, 0.717) is 12.0 Å². The van der Waals surface area contributed by atoms with Crippen molar-refractivity contribution >= 4 is 21.8 Å². The highest BCUT2D eigenvalue weighted by molar-refractivity contribution is 7.90. The molecule has 0 saturated heterocycles. The van der Waals surface area contributed by atoms with Crippen LogP contribution in [0.25, 0.3) is 0 Å². The van der Waals surface area contributed by atoms with E-state index in [1.165, 1.54) is 19.2 Å². The predicted molar refractivity (Wildman–Crippen MR) is 121 cm³/mol. The lowest BCUT2D eigenvalue weighted by Gasteiger charge is -2.15. The van der Waals surface area contributed by atoms with Gasteiger partial charge in [-0.05, 0) is 36.6 Å². The standard InChI is InChI=1S/C24H24N2O4S/c1-18-12-14-21(15-13-18)31(28,29)26-24(25-17-23(27)30-2)22-11-7-6-10-20(22)16-19-8-4-3-5-9-19/h3-15H,16-17H2,1-2H3,(H,25,26). The highest BCUT2D eigenvalue weighted by Crippen LogP contribution is 2.17. The zero-order valence-corrected chi connectivity index (χ0v) is 18.2. The largest absolute Gasteiger partial charge is 0.468 e. The first-order valence-electron chi connectivity index (χ1n) is 9.72. The minimum absolute atomic E-state index is 0.0949. The number of nitrogens with one attached hydrogen (secondary N) is 1. The van der Waals surface area contributed by atoms with Gasteiger partial charge < -0.3 is 4.74 Å². The van der Waals surface area contributed by atoms with Gasteiger partial charge in [-0.1, -0.05) is 72.3 Å². The van der Waals surface area contributed by atoms with Crippen LogP contribution in [0.3, 0.4) is 0 Å². The lowest BCUT2D eigenvalue weighted by Crippen LogP contribution is -2.33. The Hall–Kier alpha value is -3.45. The molecule has 0 atom stereocenters. The highest BCUT2D eigenvalue weighted by atomic mass is 32.2. The number of esters is 1.